The van der Waals surface area contributed by atoms with Crippen LogP contribution in [0.25, 0.3) is 0 Å². The molecule has 3 rings (SSSR count). The number of likely N-dealkylation sites (N-methyl/N-ethyl adjacent to an activating group) is 1. The van der Waals surface area contributed by atoms with Crippen molar-refractivity contribution in [3.63, 3.8) is 0 Å². The molecule has 0 aliphatic heterocycles. The number of benzene rings is 2. The first-order valence-electron chi connectivity index (χ1n) is 8.79. The molecule has 9 heteroatoms. The molecule has 0 bridgehead atoms. The van der Waals surface area contributed by atoms with Crippen LogP contribution in [-0.2, 0) is 4.79 Å². The maximum atomic E-state index is 12.6. The van der Waals surface area contributed by atoms with Crippen molar-refractivity contribution >= 4 is 52.3 Å². The smallest absolute Gasteiger partial charge is 0.291 e. The van der Waals surface area contributed by atoms with Crippen molar-refractivity contribution in [3.05, 3.63) is 82.2 Å². The number of halogens is 2. The molecular formula is C21H17Cl2N3O4. The molecule has 0 saturated carbocycles. The van der Waals surface area contributed by atoms with Crippen molar-refractivity contribution in [2.24, 2.45) is 0 Å². The van der Waals surface area contributed by atoms with E-state index < -0.39 is 5.91 Å². The van der Waals surface area contributed by atoms with Crippen molar-refractivity contribution < 1.29 is 18.8 Å². The second kappa shape index (κ2) is 9.47. The lowest BCUT2D eigenvalue weighted by Gasteiger charge is -2.17. The van der Waals surface area contributed by atoms with E-state index in [4.69, 9.17) is 27.6 Å². The van der Waals surface area contributed by atoms with Crippen LogP contribution >= 0.6 is 23.2 Å². The van der Waals surface area contributed by atoms with Gasteiger partial charge in [0, 0.05) is 24.0 Å². The van der Waals surface area contributed by atoms with E-state index in [9.17, 15) is 14.4 Å². The largest absolute Gasteiger partial charge is 0.459 e. The van der Waals surface area contributed by atoms with E-state index >= 15 is 0 Å². The zero-order chi connectivity index (χ0) is 21.7. The van der Waals surface area contributed by atoms with Crippen molar-refractivity contribution in [2.75, 3.05) is 24.2 Å². The van der Waals surface area contributed by atoms with Crippen LogP contribution in [0.15, 0.2) is 65.3 Å². The van der Waals surface area contributed by atoms with Gasteiger partial charge in [0.1, 0.15) is 0 Å². The number of amides is 3. The van der Waals surface area contributed by atoms with Crippen LogP contribution in [0, 0.1) is 0 Å². The highest BCUT2D eigenvalue weighted by atomic mass is 35.5. The summed E-state index contributed by atoms with van der Waals surface area (Å²) in [5.74, 6) is -0.937. The van der Waals surface area contributed by atoms with Gasteiger partial charge >= 0.3 is 0 Å². The molecule has 0 fully saturated rings. The predicted octanol–water partition coefficient (Wildman–Crippen LogP) is 4.55. The average Bonchev–Trinajstić information content (AvgIpc) is 3.26. The Hall–Kier alpha value is -3.29. The second-order valence-electron chi connectivity index (χ2n) is 6.35. The predicted molar refractivity (Wildman–Crippen MR) is 115 cm³/mol. The van der Waals surface area contributed by atoms with Gasteiger partial charge in [-0.1, -0.05) is 23.2 Å². The molecule has 3 amide bonds. The first kappa shape index (κ1) is 21.4. The molecule has 154 valence electrons. The van der Waals surface area contributed by atoms with Crippen LogP contribution in [0.5, 0.6) is 0 Å². The molecule has 7 nitrogen and oxygen atoms in total. The fraction of sp³-hybridized carbons (Fsp3) is 0.0952. The first-order chi connectivity index (χ1) is 14.3. The van der Waals surface area contributed by atoms with Crippen molar-refractivity contribution in [1.29, 1.82) is 0 Å². The number of hydrogen-bond donors (Lipinski definition) is 2. The zero-order valence-corrected chi connectivity index (χ0v) is 17.3. The molecule has 2 N–H and O–H groups in total. The molecule has 0 radical (unpaired) electrons. The van der Waals surface area contributed by atoms with Crippen LogP contribution < -0.4 is 10.6 Å². The number of furan rings is 1. The van der Waals surface area contributed by atoms with Crippen molar-refractivity contribution in [2.45, 2.75) is 0 Å². The SMILES string of the molecule is CN(CC(=O)Nc1ccc(Cl)c(Cl)c1)C(=O)c1ccc(NC(=O)c2ccco2)cc1. The molecule has 3 aromatic rings. The summed E-state index contributed by atoms with van der Waals surface area (Å²) in [5.41, 5.74) is 1.36. The lowest BCUT2D eigenvalue weighted by Crippen LogP contribution is -2.34. The highest BCUT2D eigenvalue weighted by Crippen LogP contribution is 2.25. The van der Waals surface area contributed by atoms with Gasteiger partial charge in [0.15, 0.2) is 5.76 Å². The summed E-state index contributed by atoms with van der Waals surface area (Å²) in [6, 6.07) is 14.2. The molecule has 0 spiro atoms. The van der Waals surface area contributed by atoms with E-state index in [1.54, 1.807) is 48.5 Å². The molecule has 0 saturated heterocycles. The van der Waals surface area contributed by atoms with E-state index in [0.29, 0.717) is 27.0 Å². The minimum Gasteiger partial charge on any atom is -0.459 e. The molecule has 1 heterocycles. The highest BCUT2D eigenvalue weighted by Gasteiger charge is 2.16. The van der Waals surface area contributed by atoms with Gasteiger partial charge in [0.2, 0.25) is 5.91 Å². The number of hydrogen-bond acceptors (Lipinski definition) is 4. The van der Waals surface area contributed by atoms with E-state index in [1.165, 1.54) is 24.3 Å². The Morgan fingerprint density at radius 2 is 1.63 bits per heavy atom. The number of carbonyl (C=O) groups excluding carboxylic acids is 3. The Balaban J connectivity index is 1.56. The molecule has 1 aromatic heterocycles. The fourth-order valence-corrected chi connectivity index (χ4v) is 2.88. The van der Waals surface area contributed by atoms with Crippen LogP contribution in [-0.4, -0.2) is 36.2 Å². The average molecular weight is 446 g/mol. The van der Waals surface area contributed by atoms with E-state index in [1.807, 2.05) is 0 Å². The van der Waals surface area contributed by atoms with Gasteiger partial charge in [0.05, 0.1) is 22.9 Å². The Morgan fingerprint density at radius 1 is 0.933 bits per heavy atom. The summed E-state index contributed by atoms with van der Waals surface area (Å²) in [4.78, 5) is 38.0. The third kappa shape index (κ3) is 5.40. The maximum absolute atomic E-state index is 12.6. The third-order valence-corrected chi connectivity index (χ3v) is 4.80. The standard InChI is InChI=1S/C21H17Cl2N3O4/c1-26(12-19(27)24-15-8-9-16(22)17(23)11-15)21(29)13-4-6-14(7-5-13)25-20(28)18-3-2-10-30-18/h2-11H,12H2,1H3,(H,24,27)(H,25,28). The lowest BCUT2D eigenvalue weighted by atomic mass is 10.2. The summed E-state index contributed by atoms with van der Waals surface area (Å²) in [7, 11) is 1.52. The molecule has 0 unspecified atom stereocenters. The summed E-state index contributed by atoms with van der Waals surface area (Å²) >= 11 is 11.8. The van der Waals surface area contributed by atoms with E-state index in [-0.39, 0.29) is 24.1 Å². The summed E-state index contributed by atoms with van der Waals surface area (Å²) < 4.78 is 5.03. The Labute approximate surface area is 182 Å². The van der Waals surface area contributed by atoms with Gasteiger partial charge in [-0.2, -0.15) is 0 Å². The van der Waals surface area contributed by atoms with Crippen LogP contribution in [0.1, 0.15) is 20.9 Å². The van der Waals surface area contributed by atoms with Gasteiger partial charge in [-0.15, -0.1) is 0 Å². The van der Waals surface area contributed by atoms with Gasteiger partial charge in [-0.25, -0.2) is 0 Å². The summed E-state index contributed by atoms with van der Waals surface area (Å²) in [5, 5.41) is 6.02. The van der Waals surface area contributed by atoms with Crippen LogP contribution in [0.3, 0.4) is 0 Å². The molecule has 2 aromatic carbocycles. The van der Waals surface area contributed by atoms with Crippen LogP contribution in [0.4, 0.5) is 11.4 Å². The van der Waals surface area contributed by atoms with Gasteiger partial charge < -0.3 is 20.0 Å². The topological polar surface area (TPSA) is 91.7 Å². The van der Waals surface area contributed by atoms with Gasteiger partial charge in [-0.05, 0) is 54.6 Å². The minimum atomic E-state index is -0.393. The Bertz CT molecular complexity index is 1070. The summed E-state index contributed by atoms with van der Waals surface area (Å²) in [6.45, 7) is -0.157. The first-order valence-corrected chi connectivity index (χ1v) is 9.54. The van der Waals surface area contributed by atoms with E-state index in [2.05, 4.69) is 10.6 Å². The Kier molecular flexibility index (Phi) is 6.76. The second-order valence-corrected chi connectivity index (χ2v) is 7.16. The maximum Gasteiger partial charge on any atom is 0.291 e. The number of carbonyl (C=O) groups is 3. The quantitative estimate of drug-likeness (QED) is 0.581. The molecule has 30 heavy (non-hydrogen) atoms. The monoisotopic (exact) mass is 445 g/mol. The van der Waals surface area contributed by atoms with E-state index in [0.717, 1.165) is 0 Å². The number of anilines is 2. The number of rotatable bonds is 6. The van der Waals surface area contributed by atoms with Crippen LogP contribution in [0.2, 0.25) is 10.0 Å². The zero-order valence-electron chi connectivity index (χ0n) is 15.8. The third-order valence-electron chi connectivity index (χ3n) is 4.07. The summed E-state index contributed by atoms with van der Waals surface area (Å²) in [6.07, 6.45) is 1.41. The molecule has 0 aliphatic rings. The lowest BCUT2D eigenvalue weighted by molar-refractivity contribution is -0.116. The Morgan fingerprint density at radius 3 is 2.27 bits per heavy atom. The molecule has 0 atom stereocenters. The normalized spacial score (nSPS) is 10.4. The molecule has 0 aliphatic carbocycles. The number of nitrogens with one attached hydrogen (secondary N) is 2. The van der Waals surface area contributed by atoms with Gasteiger partial charge in [0.25, 0.3) is 11.8 Å². The fourth-order valence-electron chi connectivity index (χ4n) is 2.58. The van der Waals surface area contributed by atoms with Crippen molar-refractivity contribution in [1.82, 2.24) is 4.90 Å². The molecular weight excluding hydrogens is 429 g/mol. The minimum absolute atomic E-state index is 0.157. The van der Waals surface area contributed by atoms with Crippen molar-refractivity contribution in [3.8, 4) is 0 Å². The van der Waals surface area contributed by atoms with Gasteiger partial charge in [-0.3, -0.25) is 14.4 Å². The number of nitrogens with zero attached hydrogens (tertiary/aromatic N) is 1. The highest BCUT2D eigenvalue weighted by molar-refractivity contribution is 6.42.